The lowest BCUT2D eigenvalue weighted by molar-refractivity contribution is -0.212. The van der Waals surface area contributed by atoms with Gasteiger partial charge in [0.15, 0.2) is 12.5 Å². The van der Waals surface area contributed by atoms with Crippen molar-refractivity contribution in [3.63, 3.8) is 0 Å². The fourth-order valence-electron chi connectivity index (χ4n) is 4.12. The van der Waals surface area contributed by atoms with Gasteiger partial charge in [0.1, 0.15) is 18.3 Å². The molecule has 1 N–H and O–H groups in total. The Balaban J connectivity index is 2.27. The maximum atomic E-state index is 14.6. The Morgan fingerprint density at radius 1 is 1.10 bits per heavy atom. The molecule has 0 radical (unpaired) electrons. The molecule has 0 aromatic carbocycles. The smallest absolute Gasteiger partial charge is 0.201 e. The number of hydrogen-bond donors (Lipinski definition) is 1. The van der Waals surface area contributed by atoms with Crippen LogP contribution in [0.1, 0.15) is 41.5 Å². The van der Waals surface area contributed by atoms with Crippen LogP contribution in [-0.2, 0) is 13.9 Å². The van der Waals surface area contributed by atoms with Crippen LogP contribution in [0.3, 0.4) is 0 Å². The Kier molecular flexibility index (Phi) is 5.15. The normalized spacial score (nSPS) is 37.0. The highest BCUT2D eigenvalue weighted by atomic mass is 28.4. The minimum Gasteiger partial charge on any atom is -0.407 e. The van der Waals surface area contributed by atoms with Crippen molar-refractivity contribution in [2.75, 3.05) is 6.61 Å². The average molecular weight is 320 g/mol. The van der Waals surface area contributed by atoms with Crippen LogP contribution in [0, 0.1) is 0 Å². The molecule has 124 valence electrons. The molecule has 2 fully saturated rings. The highest BCUT2D eigenvalue weighted by Crippen LogP contribution is 2.45. The summed E-state index contributed by atoms with van der Waals surface area (Å²) < 4.78 is 31.7. The highest BCUT2D eigenvalue weighted by Gasteiger charge is 2.56. The SMILES string of the molecule is CC(C)[Si](O[C@@H]1[C@@H](O)[C@@H]2OC[C@@H](O2)[C@H]1F)(C(C)C)C(C)C. The number of ether oxygens (including phenoxy) is 2. The summed E-state index contributed by atoms with van der Waals surface area (Å²) in [5.41, 5.74) is 1.04. The second-order valence-corrected chi connectivity index (χ2v) is 12.6. The lowest BCUT2D eigenvalue weighted by Crippen LogP contribution is -2.60. The van der Waals surface area contributed by atoms with Crippen molar-refractivity contribution in [3.8, 4) is 0 Å². The summed E-state index contributed by atoms with van der Waals surface area (Å²) in [4.78, 5) is 0. The van der Waals surface area contributed by atoms with Crippen LogP contribution in [0.25, 0.3) is 0 Å². The van der Waals surface area contributed by atoms with Gasteiger partial charge in [-0.15, -0.1) is 0 Å². The molecule has 0 aromatic rings. The summed E-state index contributed by atoms with van der Waals surface area (Å²) in [6.07, 6.45) is -4.58. The van der Waals surface area contributed by atoms with E-state index in [4.69, 9.17) is 13.9 Å². The largest absolute Gasteiger partial charge is 0.407 e. The molecular weight excluding hydrogens is 291 g/mol. The van der Waals surface area contributed by atoms with Gasteiger partial charge in [0.2, 0.25) is 8.32 Å². The van der Waals surface area contributed by atoms with Crippen LogP contribution in [0.2, 0.25) is 16.6 Å². The number of halogens is 1. The van der Waals surface area contributed by atoms with Crippen LogP contribution < -0.4 is 0 Å². The molecule has 2 aliphatic rings. The van der Waals surface area contributed by atoms with Gasteiger partial charge in [-0.1, -0.05) is 41.5 Å². The molecule has 0 aliphatic carbocycles. The summed E-state index contributed by atoms with van der Waals surface area (Å²) in [6, 6.07) is 0. The van der Waals surface area contributed by atoms with Gasteiger partial charge < -0.3 is 19.0 Å². The van der Waals surface area contributed by atoms with Gasteiger partial charge in [0, 0.05) is 0 Å². The summed E-state index contributed by atoms with van der Waals surface area (Å²) in [6.45, 7) is 13.1. The minimum absolute atomic E-state index is 0.197. The molecule has 0 spiro atoms. The first kappa shape index (κ1) is 17.3. The van der Waals surface area contributed by atoms with Crippen LogP contribution in [0.4, 0.5) is 4.39 Å². The lowest BCUT2D eigenvalue weighted by atomic mass is 10.0. The number of hydrogen-bond acceptors (Lipinski definition) is 4. The molecule has 0 amide bonds. The third-order valence-electron chi connectivity index (χ3n) is 5.07. The monoisotopic (exact) mass is 320 g/mol. The van der Waals surface area contributed by atoms with Gasteiger partial charge >= 0.3 is 0 Å². The molecule has 0 saturated carbocycles. The zero-order chi connectivity index (χ0) is 15.9. The molecule has 2 saturated heterocycles. The van der Waals surface area contributed by atoms with Crippen LogP contribution in [-0.4, -0.2) is 50.8 Å². The van der Waals surface area contributed by atoms with Gasteiger partial charge in [-0.2, -0.15) is 0 Å². The standard InChI is InChI=1S/C15H29FO4Si/c1-8(2)21(9(3)4,10(5)6)20-14-12(16)11-7-18-15(19-11)13(14)17/h8-15,17H,7H2,1-6H3/t11-,12-,13-,14+,15-/m1/s1. The minimum atomic E-state index is -2.24. The Morgan fingerprint density at radius 2 is 1.62 bits per heavy atom. The molecule has 5 atom stereocenters. The number of aliphatic hydroxyl groups is 1. The number of aliphatic hydroxyl groups excluding tert-OH is 1. The van der Waals surface area contributed by atoms with Crippen molar-refractivity contribution in [2.45, 2.75) is 88.9 Å². The van der Waals surface area contributed by atoms with Gasteiger partial charge in [-0.3, -0.25) is 0 Å². The molecule has 2 heterocycles. The zero-order valence-electron chi connectivity index (χ0n) is 13.9. The summed E-state index contributed by atoms with van der Waals surface area (Å²) >= 11 is 0. The molecule has 21 heavy (non-hydrogen) atoms. The van der Waals surface area contributed by atoms with Crippen molar-refractivity contribution < 1.29 is 23.4 Å². The second-order valence-electron chi connectivity index (χ2n) is 7.21. The van der Waals surface area contributed by atoms with E-state index in [0.29, 0.717) is 16.6 Å². The number of alkyl halides is 1. The summed E-state index contributed by atoms with van der Waals surface area (Å²) in [5.74, 6) is 0. The van der Waals surface area contributed by atoms with Gasteiger partial charge in [0.25, 0.3) is 0 Å². The van der Waals surface area contributed by atoms with Gasteiger partial charge in [-0.05, 0) is 16.6 Å². The predicted octanol–water partition coefficient (Wildman–Crippen LogP) is 3.00. The lowest BCUT2D eigenvalue weighted by Gasteiger charge is -2.47. The third-order valence-corrected chi connectivity index (χ3v) is 11.2. The molecule has 6 heteroatoms. The van der Waals surface area contributed by atoms with E-state index in [-0.39, 0.29) is 6.61 Å². The molecule has 0 aromatic heterocycles. The Bertz CT molecular complexity index is 326. The topological polar surface area (TPSA) is 47.9 Å². The first-order valence-electron chi connectivity index (χ1n) is 7.98. The molecule has 4 nitrogen and oxygen atoms in total. The Labute approximate surface area is 128 Å². The molecular formula is C15H29FO4Si. The Morgan fingerprint density at radius 3 is 2.10 bits per heavy atom. The van der Waals surface area contributed by atoms with E-state index in [1.807, 2.05) is 0 Å². The van der Waals surface area contributed by atoms with E-state index in [9.17, 15) is 9.50 Å². The second kappa shape index (κ2) is 6.24. The number of fused-ring (bicyclic) bond motifs is 2. The van der Waals surface area contributed by atoms with Gasteiger partial charge in [-0.25, -0.2) is 4.39 Å². The van der Waals surface area contributed by atoms with E-state index < -0.39 is 39.1 Å². The highest BCUT2D eigenvalue weighted by molar-refractivity contribution is 6.77. The number of rotatable bonds is 5. The molecule has 2 rings (SSSR count). The maximum Gasteiger partial charge on any atom is 0.201 e. The quantitative estimate of drug-likeness (QED) is 0.791. The average Bonchev–Trinajstić information content (AvgIpc) is 2.82. The van der Waals surface area contributed by atoms with Crippen LogP contribution in [0.5, 0.6) is 0 Å². The van der Waals surface area contributed by atoms with Crippen molar-refractivity contribution in [3.05, 3.63) is 0 Å². The van der Waals surface area contributed by atoms with E-state index in [2.05, 4.69) is 41.5 Å². The molecule has 2 aliphatic heterocycles. The van der Waals surface area contributed by atoms with Crippen molar-refractivity contribution >= 4 is 8.32 Å². The van der Waals surface area contributed by atoms with Crippen molar-refractivity contribution in [2.24, 2.45) is 0 Å². The van der Waals surface area contributed by atoms with E-state index in [1.165, 1.54) is 0 Å². The third kappa shape index (κ3) is 2.81. The van der Waals surface area contributed by atoms with Crippen molar-refractivity contribution in [1.29, 1.82) is 0 Å². The van der Waals surface area contributed by atoms with Crippen LogP contribution >= 0.6 is 0 Å². The first-order chi connectivity index (χ1) is 9.71. The molecule has 2 bridgehead atoms. The maximum absolute atomic E-state index is 14.6. The van der Waals surface area contributed by atoms with Gasteiger partial charge in [0.05, 0.1) is 6.61 Å². The first-order valence-corrected chi connectivity index (χ1v) is 10.1. The fraction of sp³-hybridized carbons (Fsp3) is 1.00. The predicted molar refractivity (Wildman–Crippen MR) is 81.4 cm³/mol. The van der Waals surface area contributed by atoms with E-state index in [1.54, 1.807) is 0 Å². The van der Waals surface area contributed by atoms with Crippen molar-refractivity contribution in [1.82, 2.24) is 0 Å². The molecule has 0 unspecified atom stereocenters. The van der Waals surface area contributed by atoms with E-state index in [0.717, 1.165) is 0 Å². The fourth-order valence-corrected chi connectivity index (χ4v) is 9.68. The zero-order valence-corrected chi connectivity index (χ0v) is 14.9. The Hall–Kier alpha value is -0.0131. The summed E-state index contributed by atoms with van der Waals surface area (Å²) in [5, 5.41) is 10.3. The van der Waals surface area contributed by atoms with E-state index >= 15 is 0 Å². The summed E-state index contributed by atoms with van der Waals surface area (Å²) in [7, 11) is -2.24. The van der Waals surface area contributed by atoms with Crippen LogP contribution in [0.15, 0.2) is 0 Å².